The van der Waals surface area contributed by atoms with Crippen molar-refractivity contribution in [2.24, 2.45) is 0 Å². The van der Waals surface area contributed by atoms with Crippen LogP contribution in [0.2, 0.25) is 0 Å². The van der Waals surface area contributed by atoms with Crippen LogP contribution >= 0.6 is 11.3 Å². The molecule has 3 aromatic rings. The summed E-state index contributed by atoms with van der Waals surface area (Å²) in [6.07, 6.45) is 0. The Bertz CT molecular complexity index is 925. The fourth-order valence-corrected chi connectivity index (χ4v) is 2.86. The molecule has 0 radical (unpaired) electrons. The second-order valence-electron chi connectivity index (χ2n) is 5.48. The molecule has 8 heteroatoms. The van der Waals surface area contributed by atoms with Crippen molar-refractivity contribution in [1.82, 2.24) is 4.98 Å². The maximum Gasteiger partial charge on any atom is 0.357 e. The van der Waals surface area contributed by atoms with Crippen LogP contribution in [0.25, 0.3) is 0 Å². The molecule has 7 nitrogen and oxygen atoms in total. The van der Waals surface area contributed by atoms with Crippen molar-refractivity contribution in [2.45, 2.75) is 6.92 Å². The van der Waals surface area contributed by atoms with E-state index in [9.17, 15) is 9.59 Å². The average molecular weight is 398 g/mol. The third-order valence-corrected chi connectivity index (χ3v) is 4.17. The molecular weight excluding hydrogens is 380 g/mol. The Balaban J connectivity index is 1.47. The molecule has 1 aromatic heterocycles. The summed E-state index contributed by atoms with van der Waals surface area (Å²) in [4.78, 5) is 27.6. The first-order chi connectivity index (χ1) is 13.6. The molecule has 0 unspecified atom stereocenters. The number of thiazole rings is 1. The van der Waals surface area contributed by atoms with Gasteiger partial charge in [0.1, 0.15) is 17.2 Å². The monoisotopic (exact) mass is 398 g/mol. The van der Waals surface area contributed by atoms with Gasteiger partial charge in [0.15, 0.2) is 17.4 Å². The Morgan fingerprint density at radius 2 is 1.68 bits per heavy atom. The molecule has 1 amide bonds. The first-order valence-corrected chi connectivity index (χ1v) is 9.40. The maximum absolute atomic E-state index is 12.0. The predicted molar refractivity (Wildman–Crippen MR) is 105 cm³/mol. The minimum Gasteiger partial charge on any atom is -0.484 e. The Morgan fingerprint density at radius 3 is 2.39 bits per heavy atom. The molecule has 0 saturated carbocycles. The lowest BCUT2D eigenvalue weighted by atomic mass is 10.3. The zero-order chi connectivity index (χ0) is 19.8. The van der Waals surface area contributed by atoms with Crippen LogP contribution in [0.15, 0.2) is 60.0 Å². The molecule has 2 aromatic carbocycles. The second kappa shape index (κ2) is 9.52. The number of hydrogen-bond acceptors (Lipinski definition) is 7. The zero-order valence-electron chi connectivity index (χ0n) is 15.1. The fraction of sp³-hybridized carbons (Fsp3) is 0.150. The van der Waals surface area contributed by atoms with Gasteiger partial charge in [0.25, 0.3) is 5.91 Å². The molecule has 0 aliphatic carbocycles. The van der Waals surface area contributed by atoms with Crippen molar-refractivity contribution in [3.63, 3.8) is 0 Å². The smallest absolute Gasteiger partial charge is 0.357 e. The lowest BCUT2D eigenvalue weighted by Crippen LogP contribution is -2.20. The van der Waals surface area contributed by atoms with Gasteiger partial charge in [0.05, 0.1) is 6.61 Å². The van der Waals surface area contributed by atoms with Gasteiger partial charge in [-0.15, -0.1) is 11.3 Å². The molecule has 1 heterocycles. The molecular formula is C20H18N2O5S. The van der Waals surface area contributed by atoms with Crippen molar-refractivity contribution < 1.29 is 23.8 Å². The van der Waals surface area contributed by atoms with Crippen LogP contribution in [0, 0.1) is 0 Å². The molecule has 28 heavy (non-hydrogen) atoms. The molecule has 0 aliphatic rings. The van der Waals surface area contributed by atoms with E-state index in [0.29, 0.717) is 16.6 Å². The molecule has 0 saturated heterocycles. The number of para-hydroxylation sites is 1. The van der Waals surface area contributed by atoms with Crippen LogP contribution in [0.3, 0.4) is 0 Å². The highest BCUT2D eigenvalue weighted by Crippen LogP contribution is 2.23. The molecule has 1 N–H and O–H groups in total. The number of amides is 1. The summed E-state index contributed by atoms with van der Waals surface area (Å²) in [7, 11) is 0. The molecule has 0 spiro atoms. The van der Waals surface area contributed by atoms with Crippen molar-refractivity contribution >= 4 is 28.3 Å². The third-order valence-electron chi connectivity index (χ3n) is 3.41. The van der Waals surface area contributed by atoms with E-state index in [2.05, 4.69) is 10.3 Å². The van der Waals surface area contributed by atoms with E-state index in [0.717, 1.165) is 17.1 Å². The zero-order valence-corrected chi connectivity index (χ0v) is 15.9. The number of aromatic nitrogens is 1. The highest BCUT2D eigenvalue weighted by atomic mass is 32.1. The van der Waals surface area contributed by atoms with Gasteiger partial charge >= 0.3 is 5.97 Å². The number of benzene rings is 2. The molecule has 0 aliphatic heterocycles. The molecule has 144 valence electrons. The Labute approximate surface area is 165 Å². The van der Waals surface area contributed by atoms with Crippen molar-refractivity contribution in [3.8, 4) is 17.2 Å². The van der Waals surface area contributed by atoms with Crippen LogP contribution in [0.4, 0.5) is 5.13 Å². The average Bonchev–Trinajstić information content (AvgIpc) is 3.17. The Hall–Kier alpha value is -3.39. The van der Waals surface area contributed by atoms with E-state index in [1.807, 2.05) is 30.3 Å². The Morgan fingerprint density at radius 1 is 1.00 bits per heavy atom. The largest absolute Gasteiger partial charge is 0.484 e. The summed E-state index contributed by atoms with van der Waals surface area (Å²) in [6.45, 7) is 1.79. The molecule has 0 bridgehead atoms. The van der Waals surface area contributed by atoms with Crippen LogP contribution in [0.5, 0.6) is 17.2 Å². The number of nitrogens with zero attached hydrogens (tertiary/aromatic N) is 1. The third kappa shape index (κ3) is 5.55. The van der Waals surface area contributed by atoms with E-state index < -0.39 is 5.97 Å². The number of nitrogens with one attached hydrogen (secondary N) is 1. The first kappa shape index (κ1) is 19.4. The fourth-order valence-electron chi connectivity index (χ4n) is 2.16. The van der Waals surface area contributed by atoms with Crippen LogP contribution < -0.4 is 14.8 Å². The van der Waals surface area contributed by atoms with Crippen LogP contribution in [0.1, 0.15) is 17.4 Å². The van der Waals surface area contributed by atoms with Gasteiger partial charge in [-0.2, -0.15) is 0 Å². The lowest BCUT2D eigenvalue weighted by molar-refractivity contribution is -0.118. The van der Waals surface area contributed by atoms with Gasteiger partial charge in [0, 0.05) is 5.38 Å². The number of esters is 1. The number of anilines is 1. The normalized spacial score (nSPS) is 10.2. The van der Waals surface area contributed by atoms with Crippen LogP contribution in [-0.2, 0) is 9.53 Å². The van der Waals surface area contributed by atoms with E-state index in [1.54, 1.807) is 31.2 Å². The number of rotatable bonds is 8. The summed E-state index contributed by atoms with van der Waals surface area (Å²) in [6, 6.07) is 16.4. The summed E-state index contributed by atoms with van der Waals surface area (Å²) < 4.78 is 16.0. The topological polar surface area (TPSA) is 86.8 Å². The summed E-state index contributed by atoms with van der Waals surface area (Å²) in [5.41, 5.74) is 0.164. The highest BCUT2D eigenvalue weighted by molar-refractivity contribution is 7.14. The molecule has 0 atom stereocenters. The lowest BCUT2D eigenvalue weighted by Gasteiger charge is -2.08. The number of hydrogen-bond donors (Lipinski definition) is 1. The van der Waals surface area contributed by atoms with E-state index in [-0.39, 0.29) is 24.8 Å². The van der Waals surface area contributed by atoms with Crippen molar-refractivity contribution in [2.75, 3.05) is 18.5 Å². The summed E-state index contributed by atoms with van der Waals surface area (Å²) >= 11 is 1.14. The van der Waals surface area contributed by atoms with Crippen molar-refractivity contribution in [3.05, 3.63) is 65.7 Å². The van der Waals surface area contributed by atoms with E-state index in [4.69, 9.17) is 14.2 Å². The van der Waals surface area contributed by atoms with Crippen LogP contribution in [-0.4, -0.2) is 30.1 Å². The minimum absolute atomic E-state index is 0.164. The van der Waals surface area contributed by atoms with E-state index >= 15 is 0 Å². The standard InChI is InChI=1S/C20H18N2O5S/c1-2-25-19(24)17-13-28-20(21-17)22-18(23)12-26-14-8-10-16(11-9-14)27-15-6-4-3-5-7-15/h3-11,13H,2,12H2,1H3,(H,21,22,23). The predicted octanol–water partition coefficient (Wildman–Crippen LogP) is 4.13. The molecule has 0 fully saturated rings. The van der Waals surface area contributed by atoms with E-state index in [1.165, 1.54) is 5.38 Å². The second-order valence-corrected chi connectivity index (χ2v) is 6.34. The minimum atomic E-state index is -0.520. The SMILES string of the molecule is CCOC(=O)c1csc(NC(=O)COc2ccc(Oc3ccccc3)cc2)n1. The van der Waals surface area contributed by atoms with Gasteiger partial charge in [-0.25, -0.2) is 9.78 Å². The van der Waals surface area contributed by atoms with Gasteiger partial charge < -0.3 is 14.2 Å². The Kier molecular flexibility index (Phi) is 6.59. The summed E-state index contributed by atoms with van der Waals surface area (Å²) in [5, 5.41) is 4.42. The highest BCUT2D eigenvalue weighted by Gasteiger charge is 2.13. The quantitative estimate of drug-likeness (QED) is 0.574. The first-order valence-electron chi connectivity index (χ1n) is 8.52. The van der Waals surface area contributed by atoms with Gasteiger partial charge in [-0.05, 0) is 43.3 Å². The maximum atomic E-state index is 12.0. The molecule has 3 rings (SSSR count). The number of carbonyl (C=O) groups excluding carboxylic acids is 2. The number of carbonyl (C=O) groups is 2. The van der Waals surface area contributed by atoms with Gasteiger partial charge in [-0.1, -0.05) is 18.2 Å². The van der Waals surface area contributed by atoms with Gasteiger partial charge in [-0.3, -0.25) is 10.1 Å². The summed E-state index contributed by atoms with van der Waals surface area (Å²) in [5.74, 6) is 1.03. The van der Waals surface area contributed by atoms with Gasteiger partial charge in [0.2, 0.25) is 0 Å². The van der Waals surface area contributed by atoms with Crippen molar-refractivity contribution in [1.29, 1.82) is 0 Å². The number of ether oxygens (including phenoxy) is 3.